The maximum Gasteiger partial charge on any atom is 0.261 e. The summed E-state index contributed by atoms with van der Waals surface area (Å²) in [6, 6.07) is 14.6. The summed E-state index contributed by atoms with van der Waals surface area (Å²) >= 11 is 0. The number of nitrogens with zero attached hydrogens (tertiary/aromatic N) is 1. The summed E-state index contributed by atoms with van der Waals surface area (Å²) in [6.07, 6.45) is 2.30. The summed E-state index contributed by atoms with van der Waals surface area (Å²) in [4.78, 5) is 27.5. The second-order valence-electron chi connectivity index (χ2n) is 7.37. The van der Waals surface area contributed by atoms with Crippen LogP contribution >= 0.6 is 0 Å². The van der Waals surface area contributed by atoms with E-state index in [1.54, 1.807) is 12.0 Å². The van der Waals surface area contributed by atoms with Crippen LogP contribution in [0.5, 0.6) is 11.5 Å². The fourth-order valence-corrected chi connectivity index (χ4v) is 3.26. The van der Waals surface area contributed by atoms with Gasteiger partial charge in [0.2, 0.25) is 5.91 Å². The Morgan fingerprint density at radius 2 is 1.55 bits per heavy atom. The Kier molecular flexibility index (Phi) is 9.88. The molecule has 6 nitrogen and oxygen atoms in total. The van der Waals surface area contributed by atoms with E-state index < -0.39 is 6.04 Å². The average molecular weight is 427 g/mol. The fourth-order valence-electron chi connectivity index (χ4n) is 3.26. The zero-order valence-electron chi connectivity index (χ0n) is 19.0. The van der Waals surface area contributed by atoms with Crippen LogP contribution in [0.1, 0.15) is 44.7 Å². The van der Waals surface area contributed by atoms with Crippen LogP contribution in [0.2, 0.25) is 0 Å². The first-order valence-corrected chi connectivity index (χ1v) is 10.9. The summed E-state index contributed by atoms with van der Waals surface area (Å²) in [5, 5.41) is 2.92. The van der Waals surface area contributed by atoms with Gasteiger partial charge in [-0.2, -0.15) is 0 Å². The lowest BCUT2D eigenvalue weighted by atomic mass is 10.1. The molecule has 0 radical (unpaired) electrons. The molecule has 0 fully saturated rings. The molecule has 0 heterocycles. The van der Waals surface area contributed by atoms with E-state index in [1.165, 1.54) is 5.56 Å². The molecule has 0 saturated carbocycles. The van der Waals surface area contributed by atoms with Crippen molar-refractivity contribution >= 4 is 11.8 Å². The number of methoxy groups -OCH3 is 1. The number of carbonyl (C=O) groups is 2. The molecule has 0 bridgehead atoms. The molecule has 2 aromatic carbocycles. The molecule has 0 saturated heterocycles. The average Bonchev–Trinajstić information content (AvgIpc) is 2.81. The molecular weight excluding hydrogens is 392 g/mol. The predicted octanol–water partition coefficient (Wildman–Crippen LogP) is 3.97. The van der Waals surface area contributed by atoms with E-state index >= 15 is 0 Å². The third-order valence-electron chi connectivity index (χ3n) is 5.14. The molecule has 2 aromatic rings. The quantitative estimate of drug-likeness (QED) is 0.558. The van der Waals surface area contributed by atoms with Gasteiger partial charge in [-0.3, -0.25) is 9.59 Å². The molecular formula is C25H34N2O4. The van der Waals surface area contributed by atoms with Crippen molar-refractivity contribution in [2.24, 2.45) is 0 Å². The predicted molar refractivity (Wildman–Crippen MR) is 122 cm³/mol. The van der Waals surface area contributed by atoms with Gasteiger partial charge in [0.25, 0.3) is 5.91 Å². The highest BCUT2D eigenvalue weighted by Crippen LogP contribution is 2.17. The van der Waals surface area contributed by atoms with E-state index in [0.29, 0.717) is 25.3 Å². The van der Waals surface area contributed by atoms with Crippen molar-refractivity contribution in [3.8, 4) is 11.5 Å². The standard InChI is InChI=1S/C25H34N2O4/c1-5-16-26-25(29)23(7-3)27(17-20-10-12-21(30-4)13-11-20)24(28)18-31-22-14-8-19(6-2)9-15-22/h8-15,23H,5-7,16-18H2,1-4H3,(H,26,29). The minimum Gasteiger partial charge on any atom is -0.497 e. The van der Waals surface area contributed by atoms with Crippen molar-refractivity contribution in [2.75, 3.05) is 20.3 Å². The topological polar surface area (TPSA) is 67.9 Å². The Morgan fingerprint density at radius 1 is 0.935 bits per heavy atom. The highest BCUT2D eigenvalue weighted by atomic mass is 16.5. The van der Waals surface area contributed by atoms with Gasteiger partial charge in [-0.1, -0.05) is 45.0 Å². The van der Waals surface area contributed by atoms with Gasteiger partial charge >= 0.3 is 0 Å². The van der Waals surface area contributed by atoms with Crippen molar-refractivity contribution in [2.45, 2.75) is 52.6 Å². The van der Waals surface area contributed by atoms with Gasteiger partial charge in [0.1, 0.15) is 17.5 Å². The normalized spacial score (nSPS) is 11.5. The lowest BCUT2D eigenvalue weighted by Crippen LogP contribution is -2.50. The van der Waals surface area contributed by atoms with Gasteiger partial charge < -0.3 is 19.7 Å². The van der Waals surface area contributed by atoms with Gasteiger partial charge in [-0.05, 0) is 54.7 Å². The monoisotopic (exact) mass is 426 g/mol. The Labute approximate surface area is 185 Å². The number of benzene rings is 2. The van der Waals surface area contributed by atoms with Gasteiger partial charge in [-0.15, -0.1) is 0 Å². The van der Waals surface area contributed by atoms with Gasteiger partial charge in [0.05, 0.1) is 7.11 Å². The van der Waals surface area contributed by atoms with Crippen LogP contribution in [0.4, 0.5) is 0 Å². The summed E-state index contributed by atoms with van der Waals surface area (Å²) in [7, 11) is 1.61. The van der Waals surface area contributed by atoms with Crippen molar-refractivity contribution < 1.29 is 19.1 Å². The molecule has 1 N–H and O–H groups in total. The minimum absolute atomic E-state index is 0.126. The minimum atomic E-state index is -0.563. The van der Waals surface area contributed by atoms with E-state index in [9.17, 15) is 9.59 Å². The van der Waals surface area contributed by atoms with Crippen molar-refractivity contribution in [3.63, 3.8) is 0 Å². The third kappa shape index (κ3) is 7.31. The molecule has 31 heavy (non-hydrogen) atoms. The molecule has 0 aliphatic heterocycles. The van der Waals surface area contributed by atoms with Crippen LogP contribution in [0.25, 0.3) is 0 Å². The first-order valence-electron chi connectivity index (χ1n) is 10.9. The maximum absolute atomic E-state index is 13.1. The number of hydrogen-bond acceptors (Lipinski definition) is 4. The Balaban J connectivity index is 2.16. The Hall–Kier alpha value is -3.02. The Bertz CT molecular complexity index is 818. The smallest absolute Gasteiger partial charge is 0.261 e. The van der Waals surface area contributed by atoms with Gasteiger partial charge in [-0.25, -0.2) is 0 Å². The highest BCUT2D eigenvalue weighted by Gasteiger charge is 2.28. The van der Waals surface area contributed by atoms with Crippen LogP contribution in [0.3, 0.4) is 0 Å². The molecule has 2 amide bonds. The van der Waals surface area contributed by atoms with E-state index in [1.807, 2.05) is 62.4 Å². The van der Waals surface area contributed by atoms with Gasteiger partial charge in [0, 0.05) is 13.1 Å². The summed E-state index contributed by atoms with van der Waals surface area (Å²) < 4.78 is 10.9. The van der Waals surface area contributed by atoms with Crippen molar-refractivity contribution in [3.05, 3.63) is 59.7 Å². The number of amides is 2. The lowest BCUT2D eigenvalue weighted by Gasteiger charge is -2.30. The van der Waals surface area contributed by atoms with E-state index in [2.05, 4.69) is 12.2 Å². The SMILES string of the molecule is CCCNC(=O)C(CC)N(Cc1ccc(OC)cc1)C(=O)COc1ccc(CC)cc1. The summed E-state index contributed by atoms with van der Waals surface area (Å²) in [6.45, 7) is 6.78. The molecule has 168 valence electrons. The number of ether oxygens (including phenoxy) is 2. The van der Waals surface area contributed by atoms with Crippen LogP contribution in [0.15, 0.2) is 48.5 Å². The summed E-state index contributed by atoms with van der Waals surface area (Å²) in [5.74, 6) is 1.01. The van der Waals surface area contributed by atoms with E-state index in [-0.39, 0.29) is 18.4 Å². The number of aryl methyl sites for hydroxylation is 1. The first-order chi connectivity index (χ1) is 15.0. The molecule has 0 spiro atoms. The van der Waals surface area contributed by atoms with Crippen molar-refractivity contribution in [1.29, 1.82) is 0 Å². The number of rotatable bonds is 12. The highest BCUT2D eigenvalue weighted by molar-refractivity contribution is 5.88. The number of hydrogen-bond donors (Lipinski definition) is 1. The lowest BCUT2D eigenvalue weighted by molar-refractivity contribution is -0.143. The van der Waals surface area contributed by atoms with Crippen LogP contribution < -0.4 is 14.8 Å². The molecule has 0 aliphatic rings. The van der Waals surface area contributed by atoms with Crippen molar-refractivity contribution in [1.82, 2.24) is 10.2 Å². The van der Waals surface area contributed by atoms with E-state index in [0.717, 1.165) is 24.2 Å². The maximum atomic E-state index is 13.1. The zero-order valence-corrected chi connectivity index (χ0v) is 19.0. The molecule has 1 unspecified atom stereocenters. The molecule has 6 heteroatoms. The van der Waals surface area contributed by atoms with Crippen LogP contribution in [0, 0.1) is 0 Å². The largest absolute Gasteiger partial charge is 0.497 e. The molecule has 1 atom stereocenters. The Morgan fingerprint density at radius 3 is 2.10 bits per heavy atom. The van der Waals surface area contributed by atoms with E-state index in [4.69, 9.17) is 9.47 Å². The second kappa shape index (κ2) is 12.6. The first kappa shape index (κ1) is 24.3. The van der Waals surface area contributed by atoms with Gasteiger partial charge in [0.15, 0.2) is 6.61 Å². The zero-order chi connectivity index (χ0) is 22.6. The van der Waals surface area contributed by atoms with Crippen LogP contribution in [-0.2, 0) is 22.6 Å². The number of carbonyl (C=O) groups excluding carboxylic acids is 2. The second-order valence-corrected chi connectivity index (χ2v) is 7.37. The third-order valence-corrected chi connectivity index (χ3v) is 5.14. The van der Waals surface area contributed by atoms with Crippen LogP contribution in [-0.4, -0.2) is 43.0 Å². The number of nitrogens with one attached hydrogen (secondary N) is 1. The molecule has 0 aliphatic carbocycles. The molecule has 0 aromatic heterocycles. The summed E-state index contributed by atoms with van der Waals surface area (Å²) in [5.41, 5.74) is 2.13. The molecule has 2 rings (SSSR count). The fraction of sp³-hybridized carbons (Fsp3) is 0.440.